The Bertz CT molecular complexity index is 384. The summed E-state index contributed by atoms with van der Waals surface area (Å²) in [5.41, 5.74) is 0. The van der Waals surface area contributed by atoms with E-state index in [4.69, 9.17) is 13.6 Å². The van der Waals surface area contributed by atoms with Crippen molar-refractivity contribution in [2.45, 2.75) is 138 Å². The Morgan fingerprint density at radius 2 is 0.686 bits per heavy atom. The number of hydrogen-bond donors (Lipinski definition) is 0. The topological polar surface area (TPSA) is 44.8 Å². The van der Waals surface area contributed by atoms with Crippen molar-refractivity contribution >= 4 is 7.82 Å². The first kappa shape index (κ1) is 39.9. The summed E-state index contributed by atoms with van der Waals surface area (Å²) in [6.07, 6.45) is 16.7. The average molecular weight is 544 g/mol. The quantitative estimate of drug-likeness (QED) is 0.0786. The number of unbranched alkanes of at least 4 members (excludes halogenated alkanes) is 7. The molecule has 7 heteroatoms. The van der Waals surface area contributed by atoms with Crippen LogP contribution in [-0.4, -0.2) is 50.5 Å². The highest BCUT2D eigenvalue weighted by Crippen LogP contribution is 2.49. The van der Waals surface area contributed by atoms with Gasteiger partial charge in [-0.25, -0.2) is 4.57 Å². The molecule has 0 amide bonds. The fraction of sp³-hybridized carbons (Fsp3) is 1.00. The predicted molar refractivity (Wildman–Crippen MR) is 150 cm³/mol. The van der Waals surface area contributed by atoms with Gasteiger partial charge in [0.25, 0.3) is 0 Å². The van der Waals surface area contributed by atoms with Crippen LogP contribution in [0.3, 0.4) is 0 Å². The summed E-state index contributed by atoms with van der Waals surface area (Å²) in [5, 5.41) is 0. The van der Waals surface area contributed by atoms with Gasteiger partial charge in [-0.05, 0) is 44.9 Å². The second-order valence-corrected chi connectivity index (χ2v) is 11.3. The number of rotatable bonds is 24. The summed E-state index contributed by atoms with van der Waals surface area (Å²) in [4.78, 5) is 0. The molecule has 0 aliphatic rings. The molecule has 0 rings (SSSR count). The highest BCUT2D eigenvalue weighted by Gasteiger charge is 2.26. The Balaban J connectivity index is -0.000000569. The van der Waals surface area contributed by atoms with Crippen LogP contribution in [0.1, 0.15) is 138 Å². The Kier molecular flexibility index (Phi) is 32.9. The molecule has 0 spiro atoms. The molecule has 0 bridgehead atoms. The molecule has 0 heterocycles. The highest BCUT2D eigenvalue weighted by atomic mass is 35.5. The maximum atomic E-state index is 12.2. The molecule has 0 N–H and O–H groups in total. The maximum Gasteiger partial charge on any atom is 0.474 e. The van der Waals surface area contributed by atoms with E-state index in [1.807, 2.05) is 0 Å². The van der Waals surface area contributed by atoms with Crippen LogP contribution in [0.25, 0.3) is 0 Å². The molecular weight excluding hydrogens is 481 g/mol. The number of quaternary nitrogens is 1. The number of phosphoric acid groups is 1. The fourth-order valence-corrected chi connectivity index (χ4v) is 5.00. The van der Waals surface area contributed by atoms with Crippen LogP contribution in [0.5, 0.6) is 0 Å². The van der Waals surface area contributed by atoms with Crippen molar-refractivity contribution in [1.29, 1.82) is 0 Å². The van der Waals surface area contributed by atoms with E-state index in [9.17, 15) is 4.57 Å². The van der Waals surface area contributed by atoms with Gasteiger partial charge in [0.05, 0.1) is 46.0 Å². The van der Waals surface area contributed by atoms with Crippen LogP contribution in [0.2, 0.25) is 0 Å². The van der Waals surface area contributed by atoms with Crippen LogP contribution in [0.15, 0.2) is 0 Å². The van der Waals surface area contributed by atoms with Gasteiger partial charge in [-0.2, -0.15) is 0 Å². The zero-order valence-corrected chi connectivity index (χ0v) is 26.4. The van der Waals surface area contributed by atoms with Crippen molar-refractivity contribution in [3.8, 4) is 0 Å². The number of phosphoric ester groups is 1. The Hall–Kier alpha value is 0.360. The van der Waals surface area contributed by atoms with Gasteiger partial charge in [-0.1, -0.05) is 93.4 Å². The first-order valence-corrected chi connectivity index (χ1v) is 16.3. The van der Waals surface area contributed by atoms with Gasteiger partial charge in [0.2, 0.25) is 0 Å². The molecule has 0 aliphatic carbocycles. The summed E-state index contributed by atoms with van der Waals surface area (Å²) < 4.78 is 29.4. The van der Waals surface area contributed by atoms with Gasteiger partial charge in [-0.3, -0.25) is 13.6 Å². The second kappa shape index (κ2) is 28.9. The predicted octanol–water partition coefficient (Wildman–Crippen LogP) is 6.55. The lowest BCUT2D eigenvalue weighted by Gasteiger charge is -2.39. The van der Waals surface area contributed by atoms with Crippen LogP contribution in [0.4, 0.5) is 0 Å². The zero-order chi connectivity index (χ0) is 26.0. The van der Waals surface area contributed by atoms with Gasteiger partial charge in [0.1, 0.15) is 0 Å². The van der Waals surface area contributed by atoms with Crippen LogP contribution >= 0.6 is 7.82 Å². The monoisotopic (exact) mass is 543 g/mol. The van der Waals surface area contributed by atoms with E-state index < -0.39 is 7.82 Å². The zero-order valence-electron chi connectivity index (χ0n) is 24.8. The summed E-state index contributed by atoms with van der Waals surface area (Å²) in [6.45, 7) is 22.5. The molecule has 0 unspecified atom stereocenters. The van der Waals surface area contributed by atoms with Gasteiger partial charge < -0.3 is 16.9 Å². The summed E-state index contributed by atoms with van der Waals surface area (Å²) >= 11 is 0. The van der Waals surface area contributed by atoms with Crippen molar-refractivity contribution in [1.82, 2.24) is 0 Å². The van der Waals surface area contributed by atoms with E-state index in [0.29, 0.717) is 19.8 Å². The minimum atomic E-state index is -3.31. The van der Waals surface area contributed by atoms with E-state index in [-0.39, 0.29) is 12.4 Å². The maximum absolute atomic E-state index is 12.2. The molecule has 0 atom stereocenters. The van der Waals surface area contributed by atoms with E-state index in [1.54, 1.807) is 0 Å². The Morgan fingerprint density at radius 1 is 0.457 bits per heavy atom. The van der Waals surface area contributed by atoms with Crippen molar-refractivity contribution in [3.63, 3.8) is 0 Å². The molecule has 0 fully saturated rings. The summed E-state index contributed by atoms with van der Waals surface area (Å²) in [7, 11) is -3.31. The minimum Gasteiger partial charge on any atom is -1.00 e. The number of hydrogen-bond acceptors (Lipinski definition) is 4. The Morgan fingerprint density at radius 3 is 0.886 bits per heavy atom. The van der Waals surface area contributed by atoms with Crippen molar-refractivity contribution in [2.75, 3.05) is 46.0 Å². The molecule has 216 valence electrons. The smallest absolute Gasteiger partial charge is 0.474 e. The van der Waals surface area contributed by atoms with Crippen LogP contribution in [0, 0.1) is 0 Å². The molecule has 0 aliphatic heterocycles. The standard InChI is InChI=1S/C16H36N.C12H27O4P.ClH/c1-5-9-13-17(14-10-6-2,15-11-7-3)16-12-8-4;1-4-7-10-14-17(13,15-11-8-5-2)16-12-9-6-3;/h5-16H2,1-4H3;4-12H2,1-3H3;1H/q+1;;/p-1. The Labute approximate surface area is 227 Å². The van der Waals surface area contributed by atoms with E-state index in [1.165, 1.54) is 82.0 Å². The van der Waals surface area contributed by atoms with E-state index in [2.05, 4.69) is 48.5 Å². The summed E-state index contributed by atoms with van der Waals surface area (Å²) in [6, 6.07) is 0. The average Bonchev–Trinajstić information content (AvgIpc) is 2.84. The van der Waals surface area contributed by atoms with E-state index >= 15 is 0 Å². The number of halogens is 1. The molecule has 0 saturated carbocycles. The first-order valence-electron chi connectivity index (χ1n) is 14.8. The van der Waals surface area contributed by atoms with Crippen molar-refractivity contribution < 1.29 is 35.0 Å². The van der Waals surface area contributed by atoms with Crippen molar-refractivity contribution in [2.24, 2.45) is 0 Å². The molecule has 5 nitrogen and oxygen atoms in total. The molecule has 0 radical (unpaired) electrons. The van der Waals surface area contributed by atoms with Gasteiger partial charge in [0, 0.05) is 0 Å². The molecule has 0 aromatic rings. The van der Waals surface area contributed by atoms with E-state index in [0.717, 1.165) is 38.5 Å². The highest BCUT2D eigenvalue weighted by molar-refractivity contribution is 7.48. The first-order chi connectivity index (χ1) is 16.4. The minimum absolute atomic E-state index is 0. The fourth-order valence-electron chi connectivity index (χ4n) is 3.72. The van der Waals surface area contributed by atoms with Gasteiger partial charge in [-0.15, -0.1) is 0 Å². The normalized spacial score (nSPS) is 11.6. The van der Waals surface area contributed by atoms with Crippen LogP contribution < -0.4 is 12.4 Å². The lowest BCUT2D eigenvalue weighted by molar-refractivity contribution is -0.929. The lowest BCUT2D eigenvalue weighted by atomic mass is 10.1. The second-order valence-electron chi connectivity index (χ2n) is 9.66. The largest absolute Gasteiger partial charge is 1.00 e. The molecular formula is C28H63ClNO4P. The SMILES string of the molecule is CCCCOP(=O)(OCCCC)OCCCC.CCCC[N+](CCCC)(CCCC)CCCC.[Cl-]. The van der Waals surface area contributed by atoms with Crippen LogP contribution in [-0.2, 0) is 18.1 Å². The third-order valence-corrected chi connectivity index (χ3v) is 7.68. The third kappa shape index (κ3) is 24.5. The summed E-state index contributed by atoms with van der Waals surface area (Å²) in [5.74, 6) is 0. The molecule has 0 aromatic carbocycles. The number of nitrogens with zero attached hydrogens (tertiary/aromatic N) is 1. The van der Waals surface area contributed by atoms with Crippen molar-refractivity contribution in [3.05, 3.63) is 0 Å². The third-order valence-electron chi connectivity index (χ3n) is 6.19. The van der Waals surface area contributed by atoms with Gasteiger partial charge >= 0.3 is 7.82 Å². The lowest BCUT2D eigenvalue weighted by Crippen LogP contribution is -3.00. The molecule has 35 heavy (non-hydrogen) atoms. The molecule has 0 aromatic heterocycles. The van der Waals surface area contributed by atoms with Gasteiger partial charge in [0.15, 0.2) is 0 Å². The molecule has 0 saturated heterocycles.